The molecule has 1 heterocycles. The largest absolute Gasteiger partial charge is 0.335 e. The van der Waals surface area contributed by atoms with Gasteiger partial charge in [-0.1, -0.05) is 29.8 Å². The molecule has 0 radical (unpaired) electrons. The van der Waals surface area contributed by atoms with Crippen LogP contribution in [0.15, 0.2) is 64.9 Å². The van der Waals surface area contributed by atoms with Gasteiger partial charge in [0.2, 0.25) is 10.0 Å². The lowest BCUT2D eigenvalue weighted by atomic mass is 10.1. The number of carbonyl (C=O) groups is 2. The SMILES string of the molecule is CC(c1ccc(S(N)(=O)=O)cc1)N(C)C(=O)c1ccc(Cl)c(NC(=O)c2cccs2)c1. The van der Waals surface area contributed by atoms with Crippen LogP contribution in [0, 0.1) is 0 Å². The number of anilines is 1. The van der Waals surface area contributed by atoms with E-state index in [0.29, 0.717) is 21.2 Å². The van der Waals surface area contributed by atoms with E-state index in [2.05, 4.69) is 5.32 Å². The Kier molecular flexibility index (Phi) is 6.80. The van der Waals surface area contributed by atoms with Gasteiger partial charge in [-0.3, -0.25) is 9.59 Å². The van der Waals surface area contributed by atoms with E-state index in [1.165, 1.54) is 34.4 Å². The normalized spacial score (nSPS) is 12.3. The molecule has 7 nitrogen and oxygen atoms in total. The summed E-state index contributed by atoms with van der Waals surface area (Å²) in [5.41, 5.74) is 1.43. The summed E-state index contributed by atoms with van der Waals surface area (Å²) in [6, 6.07) is 13.8. The van der Waals surface area contributed by atoms with Gasteiger partial charge in [0, 0.05) is 12.6 Å². The van der Waals surface area contributed by atoms with Gasteiger partial charge < -0.3 is 10.2 Å². The topological polar surface area (TPSA) is 110 Å². The second-order valence-corrected chi connectivity index (χ2v) is 9.75. The molecule has 1 aromatic heterocycles. The number of rotatable bonds is 6. The highest BCUT2D eigenvalue weighted by Gasteiger charge is 2.21. The number of hydrogen-bond donors (Lipinski definition) is 2. The van der Waals surface area contributed by atoms with Crippen LogP contribution in [0.1, 0.15) is 38.6 Å². The zero-order chi connectivity index (χ0) is 22.8. The van der Waals surface area contributed by atoms with Crippen molar-refractivity contribution in [2.75, 3.05) is 12.4 Å². The fraction of sp³-hybridized carbons (Fsp3) is 0.143. The quantitative estimate of drug-likeness (QED) is 0.556. The maximum absolute atomic E-state index is 13.0. The summed E-state index contributed by atoms with van der Waals surface area (Å²) in [4.78, 5) is 27.4. The lowest BCUT2D eigenvalue weighted by molar-refractivity contribution is 0.0742. The Labute approximate surface area is 189 Å². The molecule has 0 spiro atoms. The number of nitrogens with two attached hydrogens (primary N) is 1. The van der Waals surface area contributed by atoms with Crippen molar-refractivity contribution in [3.05, 3.63) is 81.0 Å². The van der Waals surface area contributed by atoms with Gasteiger partial charge in [0.15, 0.2) is 0 Å². The third-order valence-electron chi connectivity index (χ3n) is 4.80. The first-order valence-corrected chi connectivity index (χ1v) is 11.9. The number of hydrogen-bond acceptors (Lipinski definition) is 5. The van der Waals surface area contributed by atoms with Crippen LogP contribution in [0.2, 0.25) is 5.02 Å². The van der Waals surface area contributed by atoms with Gasteiger partial charge in [-0.15, -0.1) is 11.3 Å². The minimum absolute atomic E-state index is 0.00116. The lowest BCUT2D eigenvalue weighted by Crippen LogP contribution is -2.29. The zero-order valence-electron chi connectivity index (χ0n) is 16.7. The van der Waals surface area contributed by atoms with Crippen molar-refractivity contribution in [2.45, 2.75) is 17.9 Å². The molecule has 0 saturated heterocycles. The van der Waals surface area contributed by atoms with E-state index in [9.17, 15) is 18.0 Å². The molecule has 0 saturated carbocycles. The number of sulfonamides is 1. The summed E-state index contributed by atoms with van der Waals surface area (Å²) in [7, 11) is -2.15. The monoisotopic (exact) mass is 477 g/mol. The molecular formula is C21H20ClN3O4S2. The van der Waals surface area contributed by atoms with Crippen LogP contribution in [-0.4, -0.2) is 32.2 Å². The number of carbonyl (C=O) groups excluding carboxylic acids is 2. The molecule has 162 valence electrons. The van der Waals surface area contributed by atoms with Crippen LogP contribution >= 0.6 is 22.9 Å². The summed E-state index contributed by atoms with van der Waals surface area (Å²) in [5, 5.41) is 9.96. The summed E-state index contributed by atoms with van der Waals surface area (Å²) in [6.45, 7) is 1.82. The van der Waals surface area contributed by atoms with Crippen LogP contribution in [0.25, 0.3) is 0 Å². The predicted octanol–water partition coefficient (Wildman–Crippen LogP) is 4.13. The Hall–Kier alpha value is -2.72. The first-order valence-electron chi connectivity index (χ1n) is 9.12. The van der Waals surface area contributed by atoms with Crippen molar-refractivity contribution in [1.82, 2.24) is 4.90 Å². The van der Waals surface area contributed by atoms with Crippen molar-refractivity contribution in [3.63, 3.8) is 0 Å². The first kappa shape index (κ1) is 23.0. The van der Waals surface area contributed by atoms with E-state index < -0.39 is 10.0 Å². The molecule has 0 aliphatic rings. The molecule has 0 aliphatic carbocycles. The maximum atomic E-state index is 13.0. The Morgan fingerprint density at radius 1 is 1.13 bits per heavy atom. The maximum Gasteiger partial charge on any atom is 0.265 e. The van der Waals surface area contributed by atoms with Gasteiger partial charge in [-0.05, 0) is 54.3 Å². The minimum atomic E-state index is -3.79. The van der Waals surface area contributed by atoms with Gasteiger partial charge in [0.1, 0.15) is 0 Å². The van der Waals surface area contributed by atoms with E-state index in [1.54, 1.807) is 48.8 Å². The van der Waals surface area contributed by atoms with Gasteiger partial charge in [-0.2, -0.15) is 0 Å². The molecule has 3 N–H and O–H groups in total. The van der Waals surface area contributed by atoms with Gasteiger partial charge >= 0.3 is 0 Å². The third-order valence-corrected chi connectivity index (χ3v) is 6.93. The smallest absolute Gasteiger partial charge is 0.265 e. The zero-order valence-corrected chi connectivity index (χ0v) is 19.1. The van der Waals surface area contributed by atoms with E-state index in [-0.39, 0.29) is 22.8 Å². The van der Waals surface area contributed by atoms with Gasteiger partial charge in [0.25, 0.3) is 11.8 Å². The number of nitrogens with one attached hydrogen (secondary N) is 1. The molecule has 0 fully saturated rings. The van der Waals surface area contributed by atoms with Gasteiger partial charge in [-0.25, -0.2) is 13.6 Å². The second-order valence-electron chi connectivity index (χ2n) is 6.83. The van der Waals surface area contributed by atoms with Crippen LogP contribution in [0.3, 0.4) is 0 Å². The molecule has 0 bridgehead atoms. The van der Waals surface area contributed by atoms with Gasteiger partial charge in [0.05, 0.1) is 26.5 Å². The highest BCUT2D eigenvalue weighted by atomic mass is 35.5. The number of thiophene rings is 1. The van der Waals surface area contributed by atoms with Crippen molar-refractivity contribution >= 4 is 50.5 Å². The molecule has 31 heavy (non-hydrogen) atoms. The van der Waals surface area contributed by atoms with Crippen molar-refractivity contribution in [2.24, 2.45) is 5.14 Å². The highest BCUT2D eigenvalue weighted by Crippen LogP contribution is 2.27. The molecule has 2 aromatic carbocycles. The molecule has 1 unspecified atom stereocenters. The predicted molar refractivity (Wildman–Crippen MR) is 122 cm³/mol. The number of primary sulfonamides is 1. The van der Waals surface area contributed by atoms with E-state index in [0.717, 1.165) is 5.56 Å². The van der Waals surface area contributed by atoms with Crippen molar-refractivity contribution < 1.29 is 18.0 Å². The Morgan fingerprint density at radius 2 is 1.81 bits per heavy atom. The molecule has 3 aromatic rings. The van der Waals surface area contributed by atoms with Crippen LogP contribution in [0.5, 0.6) is 0 Å². The molecule has 2 amide bonds. The Bertz CT molecular complexity index is 1210. The number of halogens is 1. The molecule has 3 rings (SSSR count). The molecule has 1 atom stereocenters. The molecule has 10 heteroatoms. The molecular weight excluding hydrogens is 458 g/mol. The Balaban J connectivity index is 1.79. The summed E-state index contributed by atoms with van der Waals surface area (Å²) >= 11 is 7.50. The van der Waals surface area contributed by atoms with Crippen LogP contribution < -0.4 is 10.5 Å². The first-order chi connectivity index (χ1) is 14.6. The Morgan fingerprint density at radius 3 is 2.39 bits per heavy atom. The average Bonchev–Trinajstić information content (AvgIpc) is 3.28. The summed E-state index contributed by atoms with van der Waals surface area (Å²) in [5.74, 6) is -0.593. The number of amides is 2. The summed E-state index contributed by atoms with van der Waals surface area (Å²) in [6.07, 6.45) is 0. The van der Waals surface area contributed by atoms with Crippen LogP contribution in [0.4, 0.5) is 5.69 Å². The average molecular weight is 478 g/mol. The second kappa shape index (κ2) is 9.19. The molecule has 0 aliphatic heterocycles. The lowest BCUT2D eigenvalue weighted by Gasteiger charge is -2.26. The fourth-order valence-corrected chi connectivity index (χ4v) is 4.18. The number of benzene rings is 2. The number of nitrogens with zero attached hydrogens (tertiary/aromatic N) is 1. The van der Waals surface area contributed by atoms with Crippen LogP contribution in [-0.2, 0) is 10.0 Å². The van der Waals surface area contributed by atoms with Crippen molar-refractivity contribution in [3.8, 4) is 0 Å². The standard InChI is InChI=1S/C21H20ClN3O4S2/c1-13(14-5-8-16(9-6-14)31(23,28)29)25(2)21(27)15-7-10-17(22)18(12-15)24-20(26)19-4-3-11-30-19/h3-13H,1-2H3,(H,24,26)(H2,23,28,29). The third kappa shape index (κ3) is 5.31. The minimum Gasteiger partial charge on any atom is -0.335 e. The summed E-state index contributed by atoms with van der Waals surface area (Å²) < 4.78 is 22.9. The van der Waals surface area contributed by atoms with E-state index in [4.69, 9.17) is 16.7 Å². The van der Waals surface area contributed by atoms with E-state index >= 15 is 0 Å². The van der Waals surface area contributed by atoms with E-state index in [1.807, 2.05) is 6.92 Å². The van der Waals surface area contributed by atoms with Crippen molar-refractivity contribution in [1.29, 1.82) is 0 Å². The fourth-order valence-electron chi connectivity index (χ4n) is 2.88. The highest BCUT2D eigenvalue weighted by molar-refractivity contribution is 7.89.